The summed E-state index contributed by atoms with van der Waals surface area (Å²) in [5.41, 5.74) is 1.86. The Labute approximate surface area is 187 Å². The number of carbonyl (C=O) groups excluding carboxylic acids is 1. The van der Waals surface area contributed by atoms with Gasteiger partial charge in [0, 0.05) is 17.3 Å². The highest BCUT2D eigenvalue weighted by Gasteiger charge is 2.19. The quantitative estimate of drug-likeness (QED) is 0.423. The molecule has 1 aliphatic carbocycles. The van der Waals surface area contributed by atoms with Crippen LogP contribution in [0.5, 0.6) is 5.75 Å². The molecule has 1 aromatic heterocycles. The van der Waals surface area contributed by atoms with Crippen molar-refractivity contribution >= 4 is 17.7 Å². The fourth-order valence-electron chi connectivity index (χ4n) is 3.95. The third-order valence-electron chi connectivity index (χ3n) is 5.53. The van der Waals surface area contributed by atoms with Crippen LogP contribution in [0, 0.1) is 0 Å². The van der Waals surface area contributed by atoms with Gasteiger partial charge >= 0.3 is 0 Å². The number of hydrogen-bond donors (Lipinski definition) is 1. The molecule has 162 valence electrons. The summed E-state index contributed by atoms with van der Waals surface area (Å²) in [4.78, 5) is 12.6. The van der Waals surface area contributed by atoms with Crippen LogP contribution in [-0.4, -0.2) is 39.6 Å². The van der Waals surface area contributed by atoms with E-state index in [0.29, 0.717) is 17.0 Å². The fourth-order valence-corrected chi connectivity index (χ4v) is 4.71. The summed E-state index contributed by atoms with van der Waals surface area (Å²) in [6.07, 6.45) is 7.10. The summed E-state index contributed by atoms with van der Waals surface area (Å²) in [6, 6.07) is 18.0. The summed E-state index contributed by atoms with van der Waals surface area (Å²) < 4.78 is 7.37. The number of rotatable bonds is 7. The number of ether oxygens (including phenoxy) is 1. The summed E-state index contributed by atoms with van der Waals surface area (Å²) in [7, 11) is 1.65. The maximum absolute atomic E-state index is 12.6. The van der Waals surface area contributed by atoms with Crippen LogP contribution in [0.15, 0.2) is 59.8 Å². The monoisotopic (exact) mass is 436 g/mol. The molecule has 0 spiro atoms. The number of methoxy groups -OCH3 is 1. The van der Waals surface area contributed by atoms with Gasteiger partial charge in [0.25, 0.3) is 0 Å². The van der Waals surface area contributed by atoms with E-state index in [4.69, 9.17) is 4.74 Å². The van der Waals surface area contributed by atoms with Crippen LogP contribution in [0.2, 0.25) is 0 Å². The zero-order valence-corrected chi connectivity index (χ0v) is 18.6. The molecule has 1 amide bonds. The third kappa shape index (κ3) is 5.47. The lowest BCUT2D eigenvalue weighted by atomic mass is 10.1. The van der Waals surface area contributed by atoms with Crippen LogP contribution < -0.4 is 10.1 Å². The molecule has 1 heterocycles. The van der Waals surface area contributed by atoms with Crippen LogP contribution in [-0.2, 0) is 4.79 Å². The van der Waals surface area contributed by atoms with Gasteiger partial charge in [0.15, 0.2) is 11.0 Å². The molecule has 0 radical (unpaired) electrons. The molecule has 0 unspecified atom stereocenters. The minimum absolute atomic E-state index is 0.0578. The number of aromatic nitrogens is 3. The first-order valence-corrected chi connectivity index (χ1v) is 11.8. The van der Waals surface area contributed by atoms with Crippen LogP contribution in [0.4, 0.5) is 0 Å². The molecule has 31 heavy (non-hydrogen) atoms. The SMILES string of the molecule is COc1cccc(-c2nnc(SCC(=O)NC3CCCCCC3)n2-c2ccccc2)c1. The van der Waals surface area contributed by atoms with Crippen molar-refractivity contribution in [3.8, 4) is 22.8 Å². The minimum Gasteiger partial charge on any atom is -0.497 e. The van der Waals surface area contributed by atoms with E-state index in [1.54, 1.807) is 7.11 Å². The van der Waals surface area contributed by atoms with E-state index in [1.165, 1.54) is 37.4 Å². The Hall–Kier alpha value is -2.80. The van der Waals surface area contributed by atoms with E-state index >= 15 is 0 Å². The molecule has 1 fully saturated rings. The Morgan fingerprint density at radius 1 is 1.06 bits per heavy atom. The second-order valence-electron chi connectivity index (χ2n) is 7.75. The second-order valence-corrected chi connectivity index (χ2v) is 8.70. The van der Waals surface area contributed by atoms with Gasteiger partial charge in [-0.3, -0.25) is 9.36 Å². The van der Waals surface area contributed by atoms with E-state index in [2.05, 4.69) is 15.5 Å². The topological polar surface area (TPSA) is 69.0 Å². The molecule has 1 aliphatic rings. The van der Waals surface area contributed by atoms with Crippen LogP contribution in [0.3, 0.4) is 0 Å². The van der Waals surface area contributed by atoms with Gasteiger partial charge < -0.3 is 10.1 Å². The molecule has 0 saturated heterocycles. The van der Waals surface area contributed by atoms with E-state index < -0.39 is 0 Å². The maximum Gasteiger partial charge on any atom is 0.230 e. The number of carbonyl (C=O) groups is 1. The highest BCUT2D eigenvalue weighted by Crippen LogP contribution is 2.29. The lowest BCUT2D eigenvalue weighted by Gasteiger charge is -2.16. The maximum atomic E-state index is 12.6. The van der Waals surface area contributed by atoms with E-state index in [1.807, 2.05) is 59.2 Å². The molecule has 4 rings (SSSR count). The highest BCUT2D eigenvalue weighted by molar-refractivity contribution is 7.99. The number of thioether (sulfide) groups is 1. The fraction of sp³-hybridized carbons (Fsp3) is 0.375. The van der Waals surface area contributed by atoms with E-state index in [9.17, 15) is 4.79 Å². The van der Waals surface area contributed by atoms with Crippen molar-refractivity contribution in [2.24, 2.45) is 0 Å². The number of amides is 1. The molecule has 0 atom stereocenters. The van der Waals surface area contributed by atoms with Crippen molar-refractivity contribution in [2.75, 3.05) is 12.9 Å². The standard InChI is InChI=1S/C24H28N4O2S/c1-30-21-15-9-10-18(16-21)23-26-27-24(28(23)20-13-7-4-8-14-20)31-17-22(29)25-19-11-5-2-3-6-12-19/h4,7-10,13-16,19H,2-3,5-6,11-12,17H2,1H3,(H,25,29). The van der Waals surface area contributed by atoms with Crippen LogP contribution in [0.25, 0.3) is 17.1 Å². The Morgan fingerprint density at radius 2 is 1.84 bits per heavy atom. The third-order valence-corrected chi connectivity index (χ3v) is 6.46. The van der Waals surface area contributed by atoms with Crippen molar-refractivity contribution in [3.63, 3.8) is 0 Å². The predicted octanol–water partition coefficient (Wildman–Crippen LogP) is 4.87. The van der Waals surface area contributed by atoms with Gasteiger partial charge in [-0.25, -0.2) is 0 Å². The van der Waals surface area contributed by atoms with Crippen molar-refractivity contribution in [1.82, 2.24) is 20.1 Å². The smallest absolute Gasteiger partial charge is 0.230 e. The summed E-state index contributed by atoms with van der Waals surface area (Å²) >= 11 is 1.42. The van der Waals surface area contributed by atoms with Crippen LogP contribution >= 0.6 is 11.8 Å². The molecule has 0 aliphatic heterocycles. The van der Waals surface area contributed by atoms with Crippen molar-refractivity contribution in [1.29, 1.82) is 0 Å². The molecule has 3 aromatic rings. The average molecular weight is 437 g/mol. The zero-order chi connectivity index (χ0) is 21.5. The van der Waals surface area contributed by atoms with Gasteiger partial charge in [0.2, 0.25) is 5.91 Å². The van der Waals surface area contributed by atoms with Gasteiger partial charge in [0.1, 0.15) is 5.75 Å². The molecule has 2 aromatic carbocycles. The summed E-state index contributed by atoms with van der Waals surface area (Å²) in [5.74, 6) is 1.86. The molecule has 1 saturated carbocycles. The molecular weight excluding hydrogens is 408 g/mol. The molecular formula is C24H28N4O2S. The zero-order valence-electron chi connectivity index (χ0n) is 17.8. The average Bonchev–Trinajstić information content (AvgIpc) is 3.07. The number of benzene rings is 2. The normalized spacial score (nSPS) is 14.7. The second kappa shape index (κ2) is 10.5. The van der Waals surface area contributed by atoms with Gasteiger partial charge in [-0.15, -0.1) is 10.2 Å². The first kappa shape index (κ1) is 21.4. The first-order valence-electron chi connectivity index (χ1n) is 10.8. The van der Waals surface area contributed by atoms with Gasteiger partial charge in [-0.1, -0.05) is 67.8 Å². The highest BCUT2D eigenvalue weighted by atomic mass is 32.2. The van der Waals surface area contributed by atoms with Gasteiger partial charge in [0.05, 0.1) is 12.9 Å². The molecule has 0 bridgehead atoms. The summed E-state index contributed by atoms with van der Waals surface area (Å²) in [5, 5.41) is 12.8. The van der Waals surface area contributed by atoms with Crippen LogP contribution in [0.1, 0.15) is 38.5 Å². The Bertz CT molecular complexity index is 998. The minimum atomic E-state index is 0.0578. The Kier molecular flexibility index (Phi) is 7.25. The number of nitrogens with zero attached hydrogens (tertiary/aromatic N) is 3. The molecule has 7 heteroatoms. The predicted molar refractivity (Wildman–Crippen MR) is 124 cm³/mol. The molecule has 1 N–H and O–H groups in total. The number of hydrogen-bond acceptors (Lipinski definition) is 5. The Morgan fingerprint density at radius 3 is 2.58 bits per heavy atom. The Balaban J connectivity index is 1.54. The van der Waals surface area contributed by atoms with E-state index in [-0.39, 0.29) is 5.91 Å². The van der Waals surface area contributed by atoms with E-state index in [0.717, 1.165) is 35.7 Å². The molecule has 6 nitrogen and oxygen atoms in total. The number of para-hydroxylation sites is 1. The number of nitrogens with one attached hydrogen (secondary N) is 1. The lowest BCUT2D eigenvalue weighted by Crippen LogP contribution is -2.35. The van der Waals surface area contributed by atoms with Gasteiger partial charge in [-0.05, 0) is 37.1 Å². The van der Waals surface area contributed by atoms with Crippen molar-refractivity contribution < 1.29 is 9.53 Å². The summed E-state index contributed by atoms with van der Waals surface area (Å²) in [6.45, 7) is 0. The van der Waals surface area contributed by atoms with Crippen molar-refractivity contribution in [2.45, 2.75) is 49.7 Å². The van der Waals surface area contributed by atoms with Gasteiger partial charge in [-0.2, -0.15) is 0 Å². The first-order chi connectivity index (χ1) is 15.2. The van der Waals surface area contributed by atoms with Crippen molar-refractivity contribution in [3.05, 3.63) is 54.6 Å². The lowest BCUT2D eigenvalue weighted by molar-refractivity contribution is -0.119. The largest absolute Gasteiger partial charge is 0.497 e.